The highest BCUT2D eigenvalue weighted by Gasteiger charge is 2.06. The first-order valence-corrected chi connectivity index (χ1v) is 4.88. The van der Waals surface area contributed by atoms with Gasteiger partial charge in [0.15, 0.2) is 11.5 Å². The normalized spacial score (nSPS) is 11.0. The first-order chi connectivity index (χ1) is 7.81. The monoisotopic (exact) mass is 215 g/mol. The zero-order chi connectivity index (χ0) is 11.0. The maximum atomic E-state index is 9.29. The number of aromatic hydroxyl groups is 1. The third-order valence-corrected chi connectivity index (χ3v) is 2.27. The summed E-state index contributed by atoms with van der Waals surface area (Å²) < 4.78 is 6.77. The van der Waals surface area contributed by atoms with Crippen LogP contribution in [-0.2, 0) is 6.42 Å². The molecule has 0 fully saturated rings. The van der Waals surface area contributed by atoms with Gasteiger partial charge in [0.1, 0.15) is 11.5 Å². The fourth-order valence-electron chi connectivity index (χ4n) is 1.56. The Labute approximate surface area is 91.0 Å². The SMILES string of the molecule is Oc1ccc2nc(Cc3ccco3)nn2c1. The van der Waals surface area contributed by atoms with E-state index in [9.17, 15) is 5.11 Å². The molecule has 3 heterocycles. The van der Waals surface area contributed by atoms with Crippen LogP contribution in [-0.4, -0.2) is 19.7 Å². The van der Waals surface area contributed by atoms with Crippen molar-refractivity contribution in [2.45, 2.75) is 6.42 Å². The average Bonchev–Trinajstić information content (AvgIpc) is 2.86. The second-order valence-corrected chi connectivity index (χ2v) is 3.47. The summed E-state index contributed by atoms with van der Waals surface area (Å²) in [6.07, 6.45) is 3.69. The van der Waals surface area contributed by atoms with E-state index in [1.807, 2.05) is 12.1 Å². The van der Waals surface area contributed by atoms with Crippen LogP contribution in [0.5, 0.6) is 5.75 Å². The van der Waals surface area contributed by atoms with E-state index in [1.165, 1.54) is 6.20 Å². The van der Waals surface area contributed by atoms with Crippen LogP contribution in [0.3, 0.4) is 0 Å². The summed E-state index contributed by atoms with van der Waals surface area (Å²) in [6.45, 7) is 0. The Balaban J connectivity index is 1.99. The Kier molecular flexibility index (Phi) is 1.89. The molecule has 16 heavy (non-hydrogen) atoms. The van der Waals surface area contributed by atoms with Crippen LogP contribution in [0.2, 0.25) is 0 Å². The maximum absolute atomic E-state index is 9.29. The lowest BCUT2D eigenvalue weighted by atomic mass is 10.3. The van der Waals surface area contributed by atoms with Gasteiger partial charge >= 0.3 is 0 Å². The summed E-state index contributed by atoms with van der Waals surface area (Å²) in [7, 11) is 0. The zero-order valence-electron chi connectivity index (χ0n) is 8.37. The van der Waals surface area contributed by atoms with E-state index < -0.39 is 0 Å². The highest BCUT2D eigenvalue weighted by atomic mass is 16.3. The van der Waals surface area contributed by atoms with Gasteiger partial charge in [-0.2, -0.15) is 5.10 Å². The lowest BCUT2D eigenvalue weighted by molar-refractivity contribution is 0.470. The van der Waals surface area contributed by atoms with Crippen LogP contribution in [0.1, 0.15) is 11.6 Å². The molecule has 0 bridgehead atoms. The second kappa shape index (κ2) is 3.37. The minimum atomic E-state index is 0.168. The first-order valence-electron chi connectivity index (χ1n) is 4.88. The molecule has 1 N–H and O–H groups in total. The Hall–Kier alpha value is -2.30. The molecule has 0 radical (unpaired) electrons. The van der Waals surface area contributed by atoms with E-state index in [0.717, 1.165) is 5.76 Å². The van der Waals surface area contributed by atoms with E-state index in [4.69, 9.17) is 4.42 Å². The van der Waals surface area contributed by atoms with Gasteiger partial charge < -0.3 is 9.52 Å². The van der Waals surface area contributed by atoms with Gasteiger partial charge in [-0.25, -0.2) is 9.50 Å². The topological polar surface area (TPSA) is 63.6 Å². The van der Waals surface area contributed by atoms with Crippen molar-refractivity contribution in [3.63, 3.8) is 0 Å². The largest absolute Gasteiger partial charge is 0.506 e. The van der Waals surface area contributed by atoms with Gasteiger partial charge in [0.25, 0.3) is 0 Å². The Morgan fingerprint density at radius 2 is 2.25 bits per heavy atom. The Morgan fingerprint density at radius 3 is 3.06 bits per heavy atom. The second-order valence-electron chi connectivity index (χ2n) is 3.47. The fraction of sp³-hybridized carbons (Fsp3) is 0.0909. The number of nitrogens with zero attached hydrogens (tertiary/aromatic N) is 3. The van der Waals surface area contributed by atoms with Gasteiger partial charge in [0.05, 0.1) is 18.9 Å². The molecule has 0 saturated carbocycles. The van der Waals surface area contributed by atoms with Gasteiger partial charge in [0.2, 0.25) is 0 Å². The summed E-state index contributed by atoms with van der Waals surface area (Å²) in [6, 6.07) is 7.01. The smallest absolute Gasteiger partial charge is 0.159 e. The molecule has 3 aromatic heterocycles. The number of hydrogen-bond donors (Lipinski definition) is 1. The van der Waals surface area contributed by atoms with Crippen molar-refractivity contribution in [1.82, 2.24) is 14.6 Å². The fourth-order valence-corrected chi connectivity index (χ4v) is 1.56. The number of rotatable bonds is 2. The summed E-state index contributed by atoms with van der Waals surface area (Å²) in [5.41, 5.74) is 0.708. The molecule has 0 aliphatic heterocycles. The minimum absolute atomic E-state index is 0.168. The molecular weight excluding hydrogens is 206 g/mol. The van der Waals surface area contributed by atoms with Crippen molar-refractivity contribution in [2.24, 2.45) is 0 Å². The predicted molar refractivity (Wildman–Crippen MR) is 56.2 cm³/mol. The van der Waals surface area contributed by atoms with Gasteiger partial charge in [0, 0.05) is 0 Å². The molecule has 5 nitrogen and oxygen atoms in total. The van der Waals surface area contributed by atoms with Crippen molar-refractivity contribution >= 4 is 5.65 Å². The number of pyridine rings is 1. The van der Waals surface area contributed by atoms with Crippen molar-refractivity contribution in [3.8, 4) is 5.75 Å². The van der Waals surface area contributed by atoms with Gasteiger partial charge in [-0.15, -0.1) is 0 Å². The van der Waals surface area contributed by atoms with Crippen LogP contribution in [0.4, 0.5) is 0 Å². The lowest BCUT2D eigenvalue weighted by Gasteiger charge is -1.90. The molecule has 0 amide bonds. The molecule has 3 rings (SSSR count). The molecule has 0 aliphatic rings. The summed E-state index contributed by atoms with van der Waals surface area (Å²) in [5, 5.41) is 13.5. The molecule has 0 saturated heterocycles. The molecule has 80 valence electrons. The Bertz CT molecular complexity index is 613. The maximum Gasteiger partial charge on any atom is 0.159 e. The standard InChI is InChI=1S/C11H9N3O2/c15-8-3-4-11-12-10(13-14(11)7-8)6-9-2-1-5-16-9/h1-5,7,15H,6H2. The molecule has 3 aromatic rings. The molecule has 0 spiro atoms. The molecule has 0 aromatic carbocycles. The summed E-state index contributed by atoms with van der Waals surface area (Å²) in [4.78, 5) is 4.31. The van der Waals surface area contributed by atoms with Crippen LogP contribution >= 0.6 is 0 Å². The summed E-state index contributed by atoms with van der Waals surface area (Å²) >= 11 is 0. The van der Waals surface area contributed by atoms with Crippen LogP contribution in [0.25, 0.3) is 5.65 Å². The van der Waals surface area contributed by atoms with Crippen molar-refractivity contribution in [1.29, 1.82) is 0 Å². The van der Waals surface area contributed by atoms with Crippen molar-refractivity contribution in [2.75, 3.05) is 0 Å². The highest BCUT2D eigenvalue weighted by molar-refractivity contribution is 5.40. The average molecular weight is 215 g/mol. The third-order valence-electron chi connectivity index (χ3n) is 2.27. The quantitative estimate of drug-likeness (QED) is 0.705. The van der Waals surface area contributed by atoms with Crippen molar-refractivity contribution < 1.29 is 9.52 Å². The number of hydrogen-bond acceptors (Lipinski definition) is 4. The van der Waals surface area contributed by atoms with Crippen LogP contribution in [0.15, 0.2) is 41.1 Å². The Morgan fingerprint density at radius 1 is 1.31 bits per heavy atom. The number of fused-ring (bicyclic) bond motifs is 1. The number of furan rings is 1. The van der Waals surface area contributed by atoms with Gasteiger partial charge in [-0.05, 0) is 24.3 Å². The first kappa shape index (κ1) is 8.96. The minimum Gasteiger partial charge on any atom is -0.506 e. The molecule has 0 atom stereocenters. The lowest BCUT2D eigenvalue weighted by Crippen LogP contribution is -1.90. The summed E-state index contributed by atoms with van der Waals surface area (Å²) in [5.74, 6) is 1.66. The highest BCUT2D eigenvalue weighted by Crippen LogP contribution is 2.12. The molecule has 0 unspecified atom stereocenters. The third kappa shape index (κ3) is 1.52. The van der Waals surface area contributed by atoms with E-state index in [2.05, 4.69) is 10.1 Å². The van der Waals surface area contributed by atoms with Crippen molar-refractivity contribution in [3.05, 3.63) is 48.3 Å². The van der Waals surface area contributed by atoms with Gasteiger partial charge in [-0.1, -0.05) is 0 Å². The molecular formula is C11H9N3O2. The van der Waals surface area contributed by atoms with Crippen LogP contribution in [0, 0.1) is 0 Å². The number of aromatic nitrogens is 3. The zero-order valence-corrected chi connectivity index (χ0v) is 8.37. The van der Waals surface area contributed by atoms with E-state index in [-0.39, 0.29) is 5.75 Å². The van der Waals surface area contributed by atoms with E-state index >= 15 is 0 Å². The molecule has 0 aliphatic carbocycles. The predicted octanol–water partition coefficient (Wildman–Crippen LogP) is 1.62. The van der Waals surface area contributed by atoms with E-state index in [1.54, 1.807) is 22.9 Å². The van der Waals surface area contributed by atoms with Gasteiger partial charge in [-0.3, -0.25) is 0 Å². The molecule has 5 heteroatoms. The van der Waals surface area contributed by atoms with E-state index in [0.29, 0.717) is 17.9 Å². The van der Waals surface area contributed by atoms with Crippen LogP contribution < -0.4 is 0 Å².